The van der Waals surface area contributed by atoms with Gasteiger partial charge in [-0.3, -0.25) is 15.4 Å². The molecule has 0 fully saturated rings. The highest BCUT2D eigenvalue weighted by atomic mass is 19.2. The van der Waals surface area contributed by atoms with Gasteiger partial charge in [0.2, 0.25) is 0 Å². The van der Waals surface area contributed by atoms with Crippen molar-refractivity contribution < 1.29 is 18.4 Å². The van der Waals surface area contributed by atoms with Crippen molar-refractivity contribution in [3.63, 3.8) is 0 Å². The third-order valence-electron chi connectivity index (χ3n) is 4.99. The van der Waals surface area contributed by atoms with Crippen molar-refractivity contribution in [1.82, 2.24) is 5.32 Å². The zero-order valence-corrected chi connectivity index (χ0v) is 16.6. The van der Waals surface area contributed by atoms with Gasteiger partial charge >= 0.3 is 0 Å². The summed E-state index contributed by atoms with van der Waals surface area (Å²) in [5, 5.41) is 14.7. The number of non-ortho nitro benzene ring substituents is 1. The Morgan fingerprint density at radius 1 is 0.967 bits per heavy atom. The Balaban J connectivity index is 2.02. The van der Waals surface area contributed by atoms with Crippen LogP contribution in [0.3, 0.4) is 0 Å². The van der Waals surface area contributed by atoms with E-state index in [1.807, 2.05) is 19.1 Å². The summed E-state index contributed by atoms with van der Waals surface area (Å²) in [5.74, 6) is -1.13. The largest absolute Gasteiger partial charge is 0.497 e. The first kappa shape index (κ1) is 21.4. The van der Waals surface area contributed by atoms with E-state index in [1.165, 1.54) is 24.3 Å². The van der Waals surface area contributed by atoms with Crippen LogP contribution in [0.25, 0.3) is 0 Å². The lowest BCUT2D eigenvalue weighted by Crippen LogP contribution is -2.27. The maximum Gasteiger partial charge on any atom is 0.269 e. The third-order valence-corrected chi connectivity index (χ3v) is 4.99. The van der Waals surface area contributed by atoms with Gasteiger partial charge in [-0.25, -0.2) is 8.78 Å². The van der Waals surface area contributed by atoms with E-state index in [9.17, 15) is 18.9 Å². The van der Waals surface area contributed by atoms with E-state index >= 15 is 0 Å². The highest BCUT2D eigenvalue weighted by Gasteiger charge is 2.22. The summed E-state index contributed by atoms with van der Waals surface area (Å²) in [7, 11) is 1.57. The third kappa shape index (κ3) is 4.80. The fourth-order valence-electron chi connectivity index (χ4n) is 3.38. The highest BCUT2D eigenvalue weighted by Crippen LogP contribution is 2.31. The molecule has 156 valence electrons. The van der Waals surface area contributed by atoms with Crippen LogP contribution in [0.5, 0.6) is 5.75 Å². The molecule has 0 bridgehead atoms. The molecule has 3 rings (SSSR count). The predicted molar refractivity (Wildman–Crippen MR) is 110 cm³/mol. The molecule has 0 aliphatic carbocycles. The minimum atomic E-state index is -0.913. The van der Waals surface area contributed by atoms with Gasteiger partial charge in [-0.1, -0.05) is 37.3 Å². The van der Waals surface area contributed by atoms with Crippen LogP contribution in [0.4, 0.5) is 14.5 Å². The van der Waals surface area contributed by atoms with E-state index in [0.29, 0.717) is 23.3 Å². The molecule has 0 amide bonds. The van der Waals surface area contributed by atoms with Gasteiger partial charge in [0.25, 0.3) is 5.69 Å². The van der Waals surface area contributed by atoms with Crippen molar-refractivity contribution >= 4 is 5.69 Å². The number of hydrogen-bond donors (Lipinski definition) is 1. The van der Waals surface area contributed by atoms with Crippen molar-refractivity contribution in [1.29, 1.82) is 0 Å². The van der Waals surface area contributed by atoms with E-state index in [1.54, 1.807) is 31.4 Å². The molecule has 30 heavy (non-hydrogen) atoms. The molecule has 0 aliphatic rings. The van der Waals surface area contributed by atoms with Gasteiger partial charge in [0.1, 0.15) is 5.75 Å². The molecule has 5 nitrogen and oxygen atoms in total. The molecule has 0 aromatic heterocycles. The first-order chi connectivity index (χ1) is 14.4. The molecule has 1 N–H and O–H groups in total. The number of nitro groups is 1. The van der Waals surface area contributed by atoms with Crippen LogP contribution in [0.15, 0.2) is 66.7 Å². The topological polar surface area (TPSA) is 64.4 Å². The summed E-state index contributed by atoms with van der Waals surface area (Å²) in [6, 6.07) is 16.8. The van der Waals surface area contributed by atoms with Crippen LogP contribution in [-0.2, 0) is 0 Å². The minimum absolute atomic E-state index is 0.0197. The lowest BCUT2D eigenvalue weighted by atomic mass is 9.95. The van der Waals surface area contributed by atoms with Gasteiger partial charge in [0.15, 0.2) is 11.6 Å². The predicted octanol–water partition coefficient (Wildman–Crippen LogP) is 5.71. The SMILES string of the molecule is CCC(NC(c1ccc(OC)cc1)c1cccc([N+](=O)[O-])c1)c1ccc(F)c(F)c1. The maximum absolute atomic E-state index is 13.8. The van der Waals surface area contributed by atoms with Crippen molar-refractivity contribution in [3.8, 4) is 5.75 Å². The fourth-order valence-corrected chi connectivity index (χ4v) is 3.38. The summed E-state index contributed by atoms with van der Waals surface area (Å²) in [5.41, 5.74) is 2.13. The molecular formula is C23H22F2N2O3. The number of methoxy groups -OCH3 is 1. The monoisotopic (exact) mass is 412 g/mol. The van der Waals surface area contributed by atoms with Gasteiger partial charge in [0, 0.05) is 18.2 Å². The molecule has 0 heterocycles. The Labute approximate surface area is 173 Å². The minimum Gasteiger partial charge on any atom is -0.497 e. The smallest absolute Gasteiger partial charge is 0.269 e. The van der Waals surface area contributed by atoms with Crippen LogP contribution in [-0.4, -0.2) is 12.0 Å². The number of halogens is 2. The molecule has 0 saturated heterocycles. The van der Waals surface area contributed by atoms with Crippen molar-refractivity contribution in [2.75, 3.05) is 7.11 Å². The van der Waals surface area contributed by atoms with Crippen LogP contribution < -0.4 is 10.1 Å². The van der Waals surface area contributed by atoms with E-state index in [-0.39, 0.29) is 11.7 Å². The maximum atomic E-state index is 13.8. The lowest BCUT2D eigenvalue weighted by molar-refractivity contribution is -0.384. The molecule has 0 spiro atoms. The van der Waals surface area contributed by atoms with Crippen LogP contribution in [0.2, 0.25) is 0 Å². The van der Waals surface area contributed by atoms with Crippen LogP contribution >= 0.6 is 0 Å². The van der Waals surface area contributed by atoms with Gasteiger partial charge in [-0.2, -0.15) is 0 Å². The average Bonchev–Trinajstić information content (AvgIpc) is 2.77. The van der Waals surface area contributed by atoms with E-state index in [2.05, 4.69) is 5.32 Å². The number of ether oxygens (including phenoxy) is 1. The first-order valence-electron chi connectivity index (χ1n) is 9.52. The second-order valence-corrected chi connectivity index (χ2v) is 6.86. The van der Waals surface area contributed by atoms with E-state index in [0.717, 1.165) is 11.6 Å². The quantitative estimate of drug-likeness (QED) is 0.380. The zero-order valence-electron chi connectivity index (χ0n) is 16.6. The number of hydrogen-bond acceptors (Lipinski definition) is 4. The Bertz CT molecular complexity index is 1030. The molecule has 0 radical (unpaired) electrons. The molecule has 0 saturated carbocycles. The van der Waals surface area contributed by atoms with Gasteiger partial charge in [-0.15, -0.1) is 0 Å². The van der Waals surface area contributed by atoms with Crippen LogP contribution in [0, 0.1) is 21.7 Å². The number of benzene rings is 3. The number of nitro benzene ring substituents is 1. The van der Waals surface area contributed by atoms with Crippen molar-refractivity contribution in [2.45, 2.75) is 25.4 Å². The van der Waals surface area contributed by atoms with Gasteiger partial charge in [0.05, 0.1) is 18.1 Å². The molecule has 2 unspecified atom stereocenters. The van der Waals surface area contributed by atoms with Gasteiger partial charge in [-0.05, 0) is 47.4 Å². The number of nitrogens with one attached hydrogen (secondary N) is 1. The van der Waals surface area contributed by atoms with Gasteiger partial charge < -0.3 is 4.74 Å². The summed E-state index contributed by atoms with van der Waals surface area (Å²) < 4.78 is 32.4. The molecular weight excluding hydrogens is 390 g/mol. The molecule has 0 aliphatic heterocycles. The molecule has 7 heteroatoms. The second kappa shape index (κ2) is 9.45. The normalized spacial score (nSPS) is 12.9. The van der Waals surface area contributed by atoms with Crippen LogP contribution in [0.1, 0.15) is 42.1 Å². The van der Waals surface area contributed by atoms with Crippen molar-refractivity contribution in [3.05, 3.63) is 105 Å². The lowest BCUT2D eigenvalue weighted by Gasteiger charge is -2.26. The Kier molecular flexibility index (Phi) is 6.74. The summed E-state index contributed by atoms with van der Waals surface area (Å²) in [6.07, 6.45) is 0.604. The fraction of sp³-hybridized carbons (Fsp3) is 0.217. The highest BCUT2D eigenvalue weighted by molar-refractivity contribution is 5.41. The van der Waals surface area contributed by atoms with E-state index < -0.39 is 22.6 Å². The molecule has 3 aromatic rings. The summed E-state index contributed by atoms with van der Waals surface area (Å²) in [6.45, 7) is 1.93. The Morgan fingerprint density at radius 2 is 1.67 bits per heavy atom. The average molecular weight is 412 g/mol. The van der Waals surface area contributed by atoms with E-state index in [4.69, 9.17) is 4.74 Å². The summed E-state index contributed by atoms with van der Waals surface area (Å²) >= 11 is 0. The zero-order chi connectivity index (χ0) is 21.7. The summed E-state index contributed by atoms with van der Waals surface area (Å²) in [4.78, 5) is 10.8. The van der Waals surface area contributed by atoms with Crippen molar-refractivity contribution in [2.24, 2.45) is 0 Å². The number of rotatable bonds is 8. The molecule has 3 aromatic carbocycles. The standard InChI is InChI=1S/C23H22F2N2O3/c1-3-22(16-9-12-20(24)21(25)14-16)26-23(15-7-10-19(30-2)11-8-15)17-5-4-6-18(13-17)27(28)29/h4-14,22-23,26H,3H2,1-2H3. The first-order valence-corrected chi connectivity index (χ1v) is 9.52. The number of nitrogens with zero attached hydrogens (tertiary/aromatic N) is 1. The Morgan fingerprint density at radius 3 is 2.27 bits per heavy atom. The molecule has 2 atom stereocenters. The Hall–Kier alpha value is -3.32. The second-order valence-electron chi connectivity index (χ2n) is 6.86.